The van der Waals surface area contributed by atoms with Crippen molar-refractivity contribution in [3.8, 4) is 0 Å². The Kier molecular flexibility index (Phi) is 7.90. The molecule has 8 heteroatoms. The summed E-state index contributed by atoms with van der Waals surface area (Å²) in [7, 11) is 3.29. The molecule has 0 unspecified atom stereocenters. The number of imidazole rings is 1. The fourth-order valence-corrected chi connectivity index (χ4v) is 3.05. The summed E-state index contributed by atoms with van der Waals surface area (Å²) in [4.78, 5) is 31.1. The first-order valence-electron chi connectivity index (χ1n) is 9.52. The van der Waals surface area contributed by atoms with Gasteiger partial charge in [0, 0.05) is 33.9 Å². The summed E-state index contributed by atoms with van der Waals surface area (Å²) in [5.41, 5.74) is 0.0399. The Balaban J connectivity index is 2.20. The van der Waals surface area contributed by atoms with Gasteiger partial charge in [-0.05, 0) is 12.8 Å². The highest BCUT2D eigenvalue weighted by molar-refractivity contribution is 5.74. The predicted molar refractivity (Wildman–Crippen MR) is 104 cm³/mol. The van der Waals surface area contributed by atoms with Gasteiger partial charge in [0.15, 0.2) is 11.2 Å². The number of aryl methyl sites for hydroxylation is 2. The molecular weight excluding hydrogens is 334 g/mol. The first kappa shape index (κ1) is 20.2. The quantitative estimate of drug-likeness (QED) is 0.563. The Morgan fingerprint density at radius 2 is 1.85 bits per heavy atom. The Morgan fingerprint density at radius 1 is 1.12 bits per heavy atom. The molecule has 2 rings (SSSR count). The molecule has 146 valence electrons. The molecule has 26 heavy (non-hydrogen) atoms. The number of methoxy groups -OCH3 is 1. The number of rotatable bonds is 12. The summed E-state index contributed by atoms with van der Waals surface area (Å²) >= 11 is 0. The smallest absolute Gasteiger partial charge is 0.329 e. The number of fused-ring (bicyclic) bond motifs is 1. The average Bonchev–Trinajstić information content (AvgIpc) is 2.99. The van der Waals surface area contributed by atoms with Crippen LogP contribution in [0.4, 0.5) is 5.95 Å². The maximum absolute atomic E-state index is 12.4. The number of nitrogens with one attached hydrogen (secondary N) is 2. The summed E-state index contributed by atoms with van der Waals surface area (Å²) in [5.74, 6) is 0.636. The van der Waals surface area contributed by atoms with E-state index in [0.29, 0.717) is 36.8 Å². The van der Waals surface area contributed by atoms with E-state index in [1.54, 1.807) is 14.2 Å². The molecule has 0 saturated carbocycles. The van der Waals surface area contributed by atoms with Crippen molar-refractivity contribution in [2.45, 2.75) is 58.4 Å². The van der Waals surface area contributed by atoms with E-state index in [1.807, 2.05) is 4.57 Å². The number of H-pyrrole nitrogens is 1. The number of aromatic amines is 1. The van der Waals surface area contributed by atoms with Gasteiger partial charge < -0.3 is 14.6 Å². The topological polar surface area (TPSA) is 93.9 Å². The van der Waals surface area contributed by atoms with Gasteiger partial charge in [0.25, 0.3) is 5.56 Å². The molecule has 2 aromatic rings. The van der Waals surface area contributed by atoms with E-state index in [9.17, 15) is 9.59 Å². The van der Waals surface area contributed by atoms with Gasteiger partial charge in [-0.2, -0.15) is 4.98 Å². The average molecular weight is 365 g/mol. The fourth-order valence-electron chi connectivity index (χ4n) is 3.05. The highest BCUT2D eigenvalue weighted by Crippen LogP contribution is 2.17. The molecule has 0 radical (unpaired) electrons. The molecule has 0 fully saturated rings. The summed E-state index contributed by atoms with van der Waals surface area (Å²) in [6, 6.07) is 0. The summed E-state index contributed by atoms with van der Waals surface area (Å²) < 4.78 is 8.35. The van der Waals surface area contributed by atoms with Crippen molar-refractivity contribution in [2.75, 3.05) is 25.6 Å². The van der Waals surface area contributed by atoms with E-state index in [-0.39, 0.29) is 5.56 Å². The second-order valence-corrected chi connectivity index (χ2v) is 6.62. The minimum Gasteiger partial charge on any atom is -0.385 e. The molecule has 0 aromatic carbocycles. The monoisotopic (exact) mass is 365 g/mol. The summed E-state index contributed by atoms with van der Waals surface area (Å²) in [5, 5.41) is 3.28. The lowest BCUT2D eigenvalue weighted by molar-refractivity contribution is 0.197. The van der Waals surface area contributed by atoms with Crippen LogP contribution in [0.3, 0.4) is 0 Å². The summed E-state index contributed by atoms with van der Waals surface area (Å²) in [6.45, 7) is 4.26. The molecule has 0 atom stereocenters. The molecular formula is C18H31N5O3. The lowest BCUT2D eigenvalue weighted by Gasteiger charge is -2.10. The molecule has 0 aliphatic rings. The van der Waals surface area contributed by atoms with Crippen LogP contribution >= 0.6 is 0 Å². The van der Waals surface area contributed by atoms with Crippen LogP contribution in [0.25, 0.3) is 11.2 Å². The van der Waals surface area contributed by atoms with Crippen molar-refractivity contribution in [1.29, 1.82) is 0 Å². The Morgan fingerprint density at radius 3 is 2.58 bits per heavy atom. The Labute approximate surface area is 153 Å². The predicted octanol–water partition coefficient (Wildman–Crippen LogP) is 2.23. The first-order chi connectivity index (χ1) is 12.6. The number of aromatic nitrogens is 4. The van der Waals surface area contributed by atoms with Crippen molar-refractivity contribution in [2.24, 2.45) is 7.05 Å². The van der Waals surface area contributed by atoms with Crippen molar-refractivity contribution in [3.63, 3.8) is 0 Å². The van der Waals surface area contributed by atoms with Gasteiger partial charge in [0.1, 0.15) is 0 Å². The van der Waals surface area contributed by atoms with Crippen molar-refractivity contribution in [3.05, 3.63) is 20.8 Å². The second-order valence-electron chi connectivity index (χ2n) is 6.62. The highest BCUT2D eigenvalue weighted by atomic mass is 16.5. The minimum absolute atomic E-state index is 0.383. The van der Waals surface area contributed by atoms with Crippen molar-refractivity contribution in [1.82, 2.24) is 19.1 Å². The molecule has 2 N–H and O–H groups in total. The van der Waals surface area contributed by atoms with Gasteiger partial charge in [-0.3, -0.25) is 14.3 Å². The van der Waals surface area contributed by atoms with Gasteiger partial charge in [0.05, 0.1) is 0 Å². The van der Waals surface area contributed by atoms with Gasteiger partial charge in [-0.1, -0.05) is 39.0 Å². The zero-order chi connectivity index (χ0) is 18.9. The van der Waals surface area contributed by atoms with Crippen LogP contribution in [0.2, 0.25) is 0 Å². The zero-order valence-corrected chi connectivity index (χ0v) is 16.1. The van der Waals surface area contributed by atoms with Gasteiger partial charge in [-0.25, -0.2) is 4.79 Å². The van der Waals surface area contributed by atoms with E-state index >= 15 is 0 Å². The van der Waals surface area contributed by atoms with Crippen LogP contribution in [0.5, 0.6) is 0 Å². The molecule has 2 aromatic heterocycles. The highest BCUT2D eigenvalue weighted by Gasteiger charge is 2.16. The van der Waals surface area contributed by atoms with Crippen molar-refractivity contribution < 1.29 is 4.74 Å². The maximum Gasteiger partial charge on any atom is 0.329 e. The van der Waals surface area contributed by atoms with E-state index in [2.05, 4.69) is 22.2 Å². The van der Waals surface area contributed by atoms with E-state index in [4.69, 9.17) is 4.74 Å². The maximum atomic E-state index is 12.4. The fraction of sp³-hybridized carbons (Fsp3) is 0.722. The molecule has 2 heterocycles. The van der Waals surface area contributed by atoms with E-state index in [0.717, 1.165) is 19.3 Å². The molecule has 0 aliphatic heterocycles. The lowest BCUT2D eigenvalue weighted by Crippen LogP contribution is -2.29. The van der Waals surface area contributed by atoms with Crippen LogP contribution in [0, 0.1) is 0 Å². The second kappa shape index (κ2) is 10.2. The third-order valence-electron chi connectivity index (χ3n) is 4.55. The molecule has 8 nitrogen and oxygen atoms in total. The van der Waals surface area contributed by atoms with Crippen LogP contribution in [-0.4, -0.2) is 39.4 Å². The number of ether oxygens (including phenoxy) is 1. The van der Waals surface area contributed by atoms with Gasteiger partial charge in [0.2, 0.25) is 5.95 Å². The van der Waals surface area contributed by atoms with E-state index < -0.39 is 5.69 Å². The first-order valence-corrected chi connectivity index (χ1v) is 9.52. The SMILES string of the molecule is CCCCCCCCn1c(NCCCOC)nc2c1c(=O)[nH]c(=O)n2C. The Hall–Kier alpha value is -2.09. The largest absolute Gasteiger partial charge is 0.385 e. The van der Waals surface area contributed by atoms with Crippen molar-refractivity contribution >= 4 is 17.1 Å². The van der Waals surface area contributed by atoms with Crippen LogP contribution < -0.4 is 16.6 Å². The Bertz CT molecular complexity index is 805. The lowest BCUT2D eigenvalue weighted by atomic mass is 10.1. The standard InChI is InChI=1S/C18H31N5O3/c1-4-5-6-7-8-9-12-23-14-15(22(2)18(25)21-16(14)24)20-17(23)19-11-10-13-26-3/h4-13H2,1-3H3,(H,19,20)(H,21,24,25). The third-order valence-corrected chi connectivity index (χ3v) is 4.55. The molecule has 0 spiro atoms. The molecule has 0 saturated heterocycles. The third kappa shape index (κ3) is 4.97. The van der Waals surface area contributed by atoms with Crippen LogP contribution in [0.15, 0.2) is 9.59 Å². The molecule has 0 aliphatic carbocycles. The number of anilines is 1. The van der Waals surface area contributed by atoms with E-state index in [1.165, 1.54) is 30.3 Å². The number of hydrogen-bond donors (Lipinski definition) is 2. The van der Waals surface area contributed by atoms with Crippen LogP contribution in [-0.2, 0) is 18.3 Å². The minimum atomic E-state index is -0.447. The van der Waals surface area contributed by atoms with Gasteiger partial charge >= 0.3 is 5.69 Å². The summed E-state index contributed by atoms with van der Waals surface area (Å²) in [6.07, 6.45) is 7.88. The molecule has 0 amide bonds. The number of hydrogen-bond acceptors (Lipinski definition) is 5. The number of nitrogens with zero attached hydrogens (tertiary/aromatic N) is 3. The normalized spacial score (nSPS) is 11.3. The van der Waals surface area contributed by atoms with Gasteiger partial charge in [-0.15, -0.1) is 0 Å². The number of unbranched alkanes of at least 4 members (excludes halogenated alkanes) is 5. The van der Waals surface area contributed by atoms with Crippen LogP contribution in [0.1, 0.15) is 51.9 Å². The zero-order valence-electron chi connectivity index (χ0n) is 16.1. The molecule has 0 bridgehead atoms.